The summed E-state index contributed by atoms with van der Waals surface area (Å²) in [4.78, 5) is 21.4. The minimum Gasteiger partial charge on any atom is -0.441 e. The quantitative estimate of drug-likeness (QED) is 0.618. The van der Waals surface area contributed by atoms with Crippen molar-refractivity contribution in [1.29, 1.82) is 0 Å². The van der Waals surface area contributed by atoms with Crippen LogP contribution in [0.15, 0.2) is 59.1 Å². The van der Waals surface area contributed by atoms with Crippen molar-refractivity contribution >= 4 is 5.91 Å². The minimum absolute atomic E-state index is 0.181. The van der Waals surface area contributed by atoms with Crippen molar-refractivity contribution in [3.05, 3.63) is 77.3 Å². The van der Waals surface area contributed by atoms with Crippen LogP contribution in [-0.2, 0) is 17.8 Å². The van der Waals surface area contributed by atoms with Crippen LogP contribution >= 0.6 is 0 Å². The second kappa shape index (κ2) is 9.26. The monoisotopic (exact) mass is 403 g/mol. The fourth-order valence-electron chi connectivity index (χ4n) is 3.87. The fraction of sp³-hybridized carbons (Fsp3) is 0.360. The number of benzene rings is 2. The predicted molar refractivity (Wildman–Crippen MR) is 118 cm³/mol. The van der Waals surface area contributed by atoms with Crippen LogP contribution < -0.4 is 0 Å². The van der Waals surface area contributed by atoms with Gasteiger partial charge in [-0.15, -0.1) is 0 Å². The average molecular weight is 404 g/mol. The Labute approximate surface area is 178 Å². The average Bonchev–Trinajstić information content (AvgIpc) is 3.22. The second-order valence-electron chi connectivity index (χ2n) is 8.13. The van der Waals surface area contributed by atoms with Gasteiger partial charge < -0.3 is 9.32 Å². The number of oxazole rings is 1. The molecule has 0 N–H and O–H groups in total. The lowest BCUT2D eigenvalue weighted by atomic mass is 10.1. The number of amides is 1. The molecule has 30 heavy (non-hydrogen) atoms. The molecule has 0 aliphatic carbocycles. The number of rotatable bonds is 6. The summed E-state index contributed by atoms with van der Waals surface area (Å²) >= 11 is 0. The van der Waals surface area contributed by atoms with E-state index in [0.717, 1.165) is 44.0 Å². The molecular formula is C25H29N3O2. The van der Waals surface area contributed by atoms with Gasteiger partial charge in [0.05, 0.1) is 6.20 Å². The zero-order chi connectivity index (χ0) is 20.9. The van der Waals surface area contributed by atoms with E-state index in [-0.39, 0.29) is 5.91 Å². The number of hydrogen-bond donors (Lipinski definition) is 0. The maximum absolute atomic E-state index is 12.6. The Morgan fingerprint density at radius 3 is 2.50 bits per heavy atom. The van der Waals surface area contributed by atoms with Crippen LogP contribution in [0.4, 0.5) is 0 Å². The van der Waals surface area contributed by atoms with Crippen molar-refractivity contribution in [3.8, 4) is 11.3 Å². The highest BCUT2D eigenvalue weighted by atomic mass is 16.4. The van der Waals surface area contributed by atoms with Gasteiger partial charge in [-0.3, -0.25) is 9.69 Å². The molecule has 1 saturated heterocycles. The molecule has 1 aromatic heterocycles. The Morgan fingerprint density at radius 1 is 1.00 bits per heavy atom. The summed E-state index contributed by atoms with van der Waals surface area (Å²) in [5, 5.41) is 0. The molecule has 3 aromatic rings. The lowest BCUT2D eigenvalue weighted by Crippen LogP contribution is -2.48. The van der Waals surface area contributed by atoms with Crippen LogP contribution in [-0.4, -0.2) is 46.9 Å². The molecule has 0 spiro atoms. The fourth-order valence-corrected chi connectivity index (χ4v) is 3.87. The first kappa shape index (κ1) is 20.4. The molecule has 2 heterocycles. The summed E-state index contributed by atoms with van der Waals surface area (Å²) in [7, 11) is 0. The van der Waals surface area contributed by atoms with Gasteiger partial charge in [0.2, 0.25) is 5.91 Å². The van der Waals surface area contributed by atoms with Crippen molar-refractivity contribution < 1.29 is 9.21 Å². The van der Waals surface area contributed by atoms with Gasteiger partial charge in [0.15, 0.2) is 11.7 Å². The van der Waals surface area contributed by atoms with E-state index < -0.39 is 0 Å². The number of carbonyl (C=O) groups excluding carboxylic acids is 1. The molecule has 1 amide bonds. The number of aromatic nitrogens is 1. The maximum Gasteiger partial charge on any atom is 0.223 e. The largest absolute Gasteiger partial charge is 0.441 e. The normalized spacial score (nSPS) is 14.8. The summed E-state index contributed by atoms with van der Waals surface area (Å²) in [5.74, 6) is 1.56. The zero-order valence-corrected chi connectivity index (χ0v) is 17.8. The number of carbonyl (C=O) groups is 1. The Balaban J connectivity index is 1.24. The summed E-state index contributed by atoms with van der Waals surface area (Å²) in [5.41, 5.74) is 4.85. The Hall–Kier alpha value is -2.92. The molecule has 5 nitrogen and oxygen atoms in total. The van der Waals surface area contributed by atoms with Crippen LogP contribution in [0.5, 0.6) is 0 Å². The van der Waals surface area contributed by atoms with Crippen LogP contribution in [0.1, 0.15) is 29.0 Å². The van der Waals surface area contributed by atoms with Gasteiger partial charge in [0.25, 0.3) is 0 Å². The molecule has 1 aliphatic rings. The van der Waals surface area contributed by atoms with Gasteiger partial charge in [0, 0.05) is 51.1 Å². The molecule has 1 aliphatic heterocycles. The standard InChI is InChI=1S/C25H29N3O2/c1-19-6-8-22(9-7-19)23-17-26-24(30-23)10-11-25(29)28-14-12-27(13-15-28)18-21-5-3-4-20(2)16-21/h3-9,16-17H,10-15,18H2,1-2H3. The Bertz CT molecular complexity index is 986. The van der Waals surface area contributed by atoms with Gasteiger partial charge in [0.1, 0.15) is 0 Å². The highest BCUT2D eigenvalue weighted by Gasteiger charge is 2.21. The lowest BCUT2D eigenvalue weighted by Gasteiger charge is -2.34. The van der Waals surface area contributed by atoms with E-state index in [4.69, 9.17) is 4.42 Å². The van der Waals surface area contributed by atoms with Crippen molar-refractivity contribution in [2.45, 2.75) is 33.2 Å². The third kappa shape index (κ3) is 5.16. The van der Waals surface area contributed by atoms with Gasteiger partial charge in [-0.1, -0.05) is 59.7 Å². The van der Waals surface area contributed by atoms with Gasteiger partial charge in [-0.25, -0.2) is 4.98 Å². The molecular weight excluding hydrogens is 374 g/mol. The van der Waals surface area contributed by atoms with E-state index in [1.165, 1.54) is 16.7 Å². The number of piperazine rings is 1. The lowest BCUT2D eigenvalue weighted by molar-refractivity contribution is -0.133. The minimum atomic E-state index is 0.181. The van der Waals surface area contributed by atoms with E-state index in [1.54, 1.807) is 6.20 Å². The predicted octanol–water partition coefficient (Wildman–Crippen LogP) is 4.24. The van der Waals surface area contributed by atoms with E-state index in [0.29, 0.717) is 18.7 Å². The topological polar surface area (TPSA) is 49.6 Å². The first-order valence-corrected chi connectivity index (χ1v) is 10.6. The Morgan fingerprint density at radius 2 is 1.77 bits per heavy atom. The van der Waals surface area contributed by atoms with E-state index >= 15 is 0 Å². The first-order chi connectivity index (χ1) is 14.6. The Kier molecular flexibility index (Phi) is 6.29. The van der Waals surface area contributed by atoms with Gasteiger partial charge in [-0.05, 0) is 19.4 Å². The zero-order valence-electron chi connectivity index (χ0n) is 17.8. The van der Waals surface area contributed by atoms with Crippen molar-refractivity contribution in [2.75, 3.05) is 26.2 Å². The molecule has 0 saturated carbocycles. The van der Waals surface area contributed by atoms with Gasteiger partial charge >= 0.3 is 0 Å². The summed E-state index contributed by atoms with van der Waals surface area (Å²) in [6.45, 7) is 8.52. The van der Waals surface area contributed by atoms with Crippen molar-refractivity contribution in [2.24, 2.45) is 0 Å². The SMILES string of the molecule is Cc1ccc(-c2cnc(CCC(=O)N3CCN(Cc4cccc(C)c4)CC3)o2)cc1. The van der Waals surface area contributed by atoms with Gasteiger partial charge in [-0.2, -0.15) is 0 Å². The highest BCUT2D eigenvalue weighted by Crippen LogP contribution is 2.21. The third-order valence-electron chi connectivity index (χ3n) is 5.66. The molecule has 0 bridgehead atoms. The van der Waals surface area contributed by atoms with E-state index in [2.05, 4.69) is 60.1 Å². The van der Waals surface area contributed by atoms with Crippen molar-refractivity contribution in [1.82, 2.24) is 14.8 Å². The molecule has 2 aromatic carbocycles. The maximum atomic E-state index is 12.6. The first-order valence-electron chi connectivity index (χ1n) is 10.6. The molecule has 1 fully saturated rings. The molecule has 4 rings (SSSR count). The van der Waals surface area contributed by atoms with Crippen LogP contribution in [0.2, 0.25) is 0 Å². The number of aryl methyl sites for hydroxylation is 3. The van der Waals surface area contributed by atoms with Crippen LogP contribution in [0, 0.1) is 13.8 Å². The highest BCUT2D eigenvalue weighted by molar-refractivity contribution is 5.76. The van der Waals surface area contributed by atoms with Crippen LogP contribution in [0.3, 0.4) is 0 Å². The molecule has 156 valence electrons. The molecule has 0 radical (unpaired) electrons. The third-order valence-corrected chi connectivity index (χ3v) is 5.66. The molecule has 0 unspecified atom stereocenters. The summed E-state index contributed by atoms with van der Waals surface area (Å²) in [6.07, 6.45) is 2.72. The molecule has 0 atom stereocenters. The second-order valence-corrected chi connectivity index (χ2v) is 8.13. The number of nitrogens with zero attached hydrogens (tertiary/aromatic N) is 3. The molecule has 5 heteroatoms. The number of hydrogen-bond acceptors (Lipinski definition) is 4. The van der Waals surface area contributed by atoms with E-state index in [9.17, 15) is 4.79 Å². The smallest absolute Gasteiger partial charge is 0.223 e. The van der Waals surface area contributed by atoms with Crippen LogP contribution in [0.25, 0.3) is 11.3 Å². The summed E-state index contributed by atoms with van der Waals surface area (Å²) < 4.78 is 5.85. The van der Waals surface area contributed by atoms with E-state index in [1.807, 2.05) is 17.0 Å². The summed E-state index contributed by atoms with van der Waals surface area (Å²) in [6, 6.07) is 16.8. The van der Waals surface area contributed by atoms with Crippen molar-refractivity contribution in [3.63, 3.8) is 0 Å².